The Bertz CT molecular complexity index is 616. The molecule has 0 unspecified atom stereocenters. The highest BCUT2D eigenvalue weighted by Crippen LogP contribution is 2.42. The summed E-state index contributed by atoms with van der Waals surface area (Å²) in [5.41, 5.74) is 1.80. The zero-order valence-corrected chi connectivity index (χ0v) is 12.5. The van der Waals surface area contributed by atoms with Crippen LogP contribution in [0.3, 0.4) is 0 Å². The van der Waals surface area contributed by atoms with E-state index in [0.717, 1.165) is 31.5 Å². The molecular formula is C16H20N2O3. The van der Waals surface area contributed by atoms with E-state index >= 15 is 0 Å². The number of rotatable bonds is 2. The van der Waals surface area contributed by atoms with E-state index in [9.17, 15) is 14.9 Å². The second kappa shape index (κ2) is 4.83. The molecule has 5 heteroatoms. The molecular weight excluding hydrogens is 268 g/mol. The highest BCUT2D eigenvalue weighted by molar-refractivity contribution is 6.05. The molecule has 2 aliphatic rings. The van der Waals surface area contributed by atoms with Gasteiger partial charge in [-0.15, -0.1) is 0 Å². The highest BCUT2D eigenvalue weighted by Gasteiger charge is 2.39. The van der Waals surface area contributed by atoms with Crippen LogP contribution in [0.5, 0.6) is 0 Å². The second-order valence-electron chi connectivity index (χ2n) is 6.69. The standard InChI is InChI=1S/C16H20N2O3/c1-16(2)10-11-8-14(18(20)21)13(9-12(11)15(16)19)17-6-4-3-5-7-17/h8-9H,3-7,10H2,1-2H3. The number of hydrogen-bond donors (Lipinski definition) is 0. The summed E-state index contributed by atoms with van der Waals surface area (Å²) in [5, 5.41) is 11.4. The molecule has 1 heterocycles. The molecule has 5 nitrogen and oxygen atoms in total. The van der Waals surface area contributed by atoms with Crippen molar-refractivity contribution in [2.24, 2.45) is 5.41 Å². The molecule has 1 fully saturated rings. The molecule has 1 aromatic carbocycles. The smallest absolute Gasteiger partial charge is 0.292 e. The molecule has 3 rings (SSSR count). The van der Waals surface area contributed by atoms with Gasteiger partial charge in [0, 0.05) is 30.1 Å². The molecule has 0 atom stereocenters. The van der Waals surface area contributed by atoms with Crippen LogP contribution in [-0.2, 0) is 6.42 Å². The summed E-state index contributed by atoms with van der Waals surface area (Å²) >= 11 is 0. The summed E-state index contributed by atoms with van der Waals surface area (Å²) in [6.45, 7) is 5.47. The SMILES string of the molecule is CC1(C)Cc2cc([N+](=O)[O-])c(N3CCCCC3)cc2C1=O. The van der Waals surface area contributed by atoms with Crippen LogP contribution in [-0.4, -0.2) is 23.8 Å². The Hall–Kier alpha value is -1.91. The molecule has 0 bridgehead atoms. The van der Waals surface area contributed by atoms with E-state index in [-0.39, 0.29) is 16.4 Å². The number of nitro benzene ring substituents is 1. The number of Topliss-reactive ketones (excluding diaryl/α,β-unsaturated/α-hetero) is 1. The number of anilines is 1. The van der Waals surface area contributed by atoms with Gasteiger partial charge >= 0.3 is 0 Å². The van der Waals surface area contributed by atoms with E-state index < -0.39 is 5.41 Å². The molecule has 0 saturated carbocycles. The second-order valence-corrected chi connectivity index (χ2v) is 6.69. The van der Waals surface area contributed by atoms with Crippen molar-refractivity contribution < 1.29 is 9.72 Å². The maximum absolute atomic E-state index is 12.4. The Morgan fingerprint density at radius 1 is 1.19 bits per heavy atom. The number of fused-ring (bicyclic) bond motifs is 1. The van der Waals surface area contributed by atoms with Gasteiger partial charge in [-0.2, -0.15) is 0 Å². The van der Waals surface area contributed by atoms with Crippen molar-refractivity contribution in [3.05, 3.63) is 33.4 Å². The topological polar surface area (TPSA) is 63.5 Å². The van der Waals surface area contributed by atoms with E-state index in [1.807, 2.05) is 13.8 Å². The van der Waals surface area contributed by atoms with Crippen molar-refractivity contribution in [1.82, 2.24) is 0 Å². The Morgan fingerprint density at radius 3 is 2.48 bits per heavy atom. The lowest BCUT2D eigenvalue weighted by molar-refractivity contribution is -0.384. The van der Waals surface area contributed by atoms with Gasteiger partial charge in [-0.25, -0.2) is 0 Å². The molecule has 0 aromatic heterocycles. The van der Waals surface area contributed by atoms with Gasteiger partial charge in [0.15, 0.2) is 5.78 Å². The molecule has 1 aromatic rings. The van der Waals surface area contributed by atoms with Gasteiger partial charge in [-0.05, 0) is 37.3 Å². The van der Waals surface area contributed by atoms with Crippen molar-refractivity contribution in [3.8, 4) is 0 Å². The highest BCUT2D eigenvalue weighted by atomic mass is 16.6. The number of carbonyl (C=O) groups is 1. The summed E-state index contributed by atoms with van der Waals surface area (Å²) in [5.74, 6) is 0.102. The van der Waals surface area contributed by atoms with E-state index in [1.54, 1.807) is 12.1 Å². The molecule has 0 amide bonds. The fraction of sp³-hybridized carbons (Fsp3) is 0.562. The number of ketones is 1. The number of carbonyl (C=O) groups excluding carboxylic acids is 1. The molecule has 1 aliphatic carbocycles. The number of benzene rings is 1. The maximum atomic E-state index is 12.4. The van der Waals surface area contributed by atoms with Crippen LogP contribution in [0.4, 0.5) is 11.4 Å². The third-order valence-electron chi connectivity index (χ3n) is 4.59. The van der Waals surface area contributed by atoms with E-state index in [1.165, 1.54) is 6.42 Å². The van der Waals surface area contributed by atoms with Gasteiger partial charge in [0.2, 0.25) is 0 Å². The first-order chi connectivity index (χ1) is 9.90. The van der Waals surface area contributed by atoms with Gasteiger partial charge in [-0.1, -0.05) is 13.8 Å². The summed E-state index contributed by atoms with van der Waals surface area (Å²) < 4.78 is 0. The molecule has 1 aliphatic heterocycles. The summed E-state index contributed by atoms with van der Waals surface area (Å²) in [6.07, 6.45) is 3.85. The maximum Gasteiger partial charge on any atom is 0.292 e. The van der Waals surface area contributed by atoms with Crippen molar-refractivity contribution in [1.29, 1.82) is 0 Å². The minimum absolute atomic E-state index is 0.102. The number of piperidine rings is 1. The first-order valence-electron chi connectivity index (χ1n) is 7.51. The van der Waals surface area contributed by atoms with Crippen molar-refractivity contribution in [2.45, 2.75) is 39.5 Å². The quantitative estimate of drug-likeness (QED) is 0.618. The lowest BCUT2D eigenvalue weighted by atomic mass is 9.89. The van der Waals surface area contributed by atoms with E-state index in [0.29, 0.717) is 17.7 Å². The van der Waals surface area contributed by atoms with E-state index in [4.69, 9.17) is 0 Å². The van der Waals surface area contributed by atoms with Crippen molar-refractivity contribution in [2.75, 3.05) is 18.0 Å². The summed E-state index contributed by atoms with van der Waals surface area (Å²) in [7, 11) is 0. The van der Waals surface area contributed by atoms with Crippen molar-refractivity contribution in [3.63, 3.8) is 0 Å². The zero-order chi connectivity index (χ0) is 15.2. The van der Waals surface area contributed by atoms with E-state index in [2.05, 4.69) is 4.90 Å². The largest absolute Gasteiger partial charge is 0.366 e. The molecule has 0 spiro atoms. The van der Waals surface area contributed by atoms with Crippen LogP contribution < -0.4 is 4.90 Å². The minimum atomic E-state index is -0.448. The van der Waals surface area contributed by atoms with Gasteiger partial charge in [0.05, 0.1) is 4.92 Å². The minimum Gasteiger partial charge on any atom is -0.366 e. The first kappa shape index (κ1) is 14.0. The predicted octanol–water partition coefficient (Wildman–Crippen LogP) is 3.35. The Morgan fingerprint density at radius 2 is 1.86 bits per heavy atom. The summed E-state index contributed by atoms with van der Waals surface area (Å²) in [4.78, 5) is 25.6. The Balaban J connectivity index is 2.10. The molecule has 1 saturated heterocycles. The summed E-state index contributed by atoms with van der Waals surface area (Å²) in [6, 6.07) is 3.38. The monoisotopic (exact) mass is 288 g/mol. The number of hydrogen-bond acceptors (Lipinski definition) is 4. The average molecular weight is 288 g/mol. The van der Waals surface area contributed by atoms with Crippen LogP contribution >= 0.6 is 0 Å². The lowest BCUT2D eigenvalue weighted by Crippen LogP contribution is -2.30. The van der Waals surface area contributed by atoms with Crippen LogP contribution in [0.2, 0.25) is 0 Å². The predicted molar refractivity (Wildman–Crippen MR) is 81.0 cm³/mol. The fourth-order valence-electron chi connectivity index (χ4n) is 3.43. The average Bonchev–Trinajstić information content (AvgIpc) is 2.68. The van der Waals surface area contributed by atoms with Gasteiger partial charge < -0.3 is 4.90 Å². The van der Waals surface area contributed by atoms with Crippen molar-refractivity contribution >= 4 is 17.2 Å². The normalized spacial score (nSPS) is 20.5. The third kappa shape index (κ3) is 2.30. The lowest BCUT2D eigenvalue weighted by Gasteiger charge is -2.28. The zero-order valence-electron chi connectivity index (χ0n) is 12.5. The molecule has 0 N–H and O–H groups in total. The fourth-order valence-corrected chi connectivity index (χ4v) is 3.43. The third-order valence-corrected chi connectivity index (χ3v) is 4.59. The molecule has 0 radical (unpaired) electrons. The Kier molecular flexibility index (Phi) is 3.23. The van der Waals surface area contributed by atoms with Crippen LogP contribution in [0.1, 0.15) is 49.0 Å². The Labute approximate surface area is 124 Å². The van der Waals surface area contributed by atoms with Gasteiger partial charge in [0.25, 0.3) is 5.69 Å². The van der Waals surface area contributed by atoms with Gasteiger partial charge in [0.1, 0.15) is 5.69 Å². The number of nitrogens with zero attached hydrogens (tertiary/aromatic N) is 2. The van der Waals surface area contributed by atoms with Gasteiger partial charge in [-0.3, -0.25) is 14.9 Å². The number of nitro groups is 1. The molecule has 21 heavy (non-hydrogen) atoms. The molecule has 112 valence electrons. The van der Waals surface area contributed by atoms with Crippen LogP contribution in [0.25, 0.3) is 0 Å². The van der Waals surface area contributed by atoms with Crippen LogP contribution in [0.15, 0.2) is 12.1 Å². The first-order valence-corrected chi connectivity index (χ1v) is 7.51. The van der Waals surface area contributed by atoms with Crippen LogP contribution in [0, 0.1) is 15.5 Å².